The molecule has 2 nitrogen and oxygen atoms in total. The first kappa shape index (κ1) is 16.4. The van der Waals surface area contributed by atoms with E-state index in [4.69, 9.17) is 0 Å². The Morgan fingerprint density at radius 3 is 2.35 bits per heavy atom. The molecule has 0 aromatic heterocycles. The Labute approximate surface area is 142 Å². The minimum atomic E-state index is -0.854. The van der Waals surface area contributed by atoms with Crippen LogP contribution in [0.4, 0.5) is 0 Å². The van der Waals surface area contributed by atoms with E-state index < -0.39 is 11.7 Å². The molecule has 0 aromatic carbocycles. The van der Waals surface area contributed by atoms with E-state index in [1.165, 1.54) is 44.9 Å². The van der Waals surface area contributed by atoms with Crippen LogP contribution in [0, 0.1) is 34.5 Å². The molecule has 4 fully saturated rings. The summed E-state index contributed by atoms with van der Waals surface area (Å²) in [6, 6.07) is 0. The maximum absolute atomic E-state index is 11.3. The summed E-state index contributed by atoms with van der Waals surface area (Å²) in [6.45, 7) is 6.70. The molecule has 2 heteroatoms. The molecule has 4 aliphatic carbocycles. The Bertz CT molecular complexity index is 474. The van der Waals surface area contributed by atoms with Crippen molar-refractivity contribution in [2.24, 2.45) is 34.5 Å². The molecule has 4 rings (SSSR count). The molecule has 0 aromatic rings. The maximum atomic E-state index is 11.3. The van der Waals surface area contributed by atoms with E-state index in [1.54, 1.807) is 6.92 Å². The van der Waals surface area contributed by atoms with Crippen molar-refractivity contribution in [3.05, 3.63) is 0 Å². The highest BCUT2D eigenvalue weighted by atomic mass is 16.3. The van der Waals surface area contributed by atoms with Crippen molar-refractivity contribution in [3.8, 4) is 0 Å². The zero-order valence-electron chi connectivity index (χ0n) is 15.4. The minimum Gasteiger partial charge on any atom is -0.390 e. The van der Waals surface area contributed by atoms with Crippen LogP contribution in [0.5, 0.6) is 0 Å². The molecule has 0 aliphatic heterocycles. The van der Waals surface area contributed by atoms with Gasteiger partial charge in [0.15, 0.2) is 0 Å². The smallest absolute Gasteiger partial charge is 0.0958 e. The molecule has 0 bridgehead atoms. The van der Waals surface area contributed by atoms with Crippen LogP contribution in [0.25, 0.3) is 0 Å². The molecule has 0 saturated heterocycles. The summed E-state index contributed by atoms with van der Waals surface area (Å²) in [5.74, 6) is 3.25. The average molecular weight is 321 g/mol. The van der Waals surface area contributed by atoms with Gasteiger partial charge < -0.3 is 10.2 Å². The number of aliphatic hydroxyl groups excluding tert-OH is 1. The van der Waals surface area contributed by atoms with Crippen molar-refractivity contribution in [1.29, 1.82) is 0 Å². The zero-order chi connectivity index (χ0) is 16.5. The molecule has 0 spiro atoms. The predicted octanol–water partition coefficient (Wildman–Crippen LogP) is 4.53. The molecule has 132 valence electrons. The van der Waals surface area contributed by atoms with Gasteiger partial charge in [-0.05, 0) is 87.4 Å². The zero-order valence-corrected chi connectivity index (χ0v) is 15.4. The van der Waals surface area contributed by atoms with Crippen molar-refractivity contribution in [2.75, 3.05) is 0 Å². The van der Waals surface area contributed by atoms with Gasteiger partial charge in [0.05, 0.1) is 11.7 Å². The molecule has 0 radical (unpaired) electrons. The Kier molecular flexibility index (Phi) is 3.71. The Morgan fingerprint density at radius 2 is 1.61 bits per heavy atom. The maximum Gasteiger partial charge on any atom is 0.0958 e. The van der Waals surface area contributed by atoms with E-state index >= 15 is 0 Å². The third kappa shape index (κ3) is 2.00. The molecule has 0 heterocycles. The summed E-state index contributed by atoms with van der Waals surface area (Å²) in [5, 5.41) is 21.6. The van der Waals surface area contributed by atoms with Gasteiger partial charge >= 0.3 is 0 Å². The summed E-state index contributed by atoms with van der Waals surface area (Å²) in [5.41, 5.74) is -0.360. The second kappa shape index (κ2) is 5.21. The van der Waals surface area contributed by atoms with Crippen molar-refractivity contribution >= 4 is 0 Å². The van der Waals surface area contributed by atoms with Crippen LogP contribution in [-0.2, 0) is 0 Å². The van der Waals surface area contributed by atoms with E-state index in [-0.39, 0.29) is 5.41 Å². The van der Waals surface area contributed by atoms with Crippen LogP contribution >= 0.6 is 0 Å². The van der Waals surface area contributed by atoms with Crippen LogP contribution in [-0.4, -0.2) is 21.9 Å². The Hall–Kier alpha value is -0.0800. The van der Waals surface area contributed by atoms with Gasteiger partial charge in [-0.3, -0.25) is 0 Å². The molecule has 23 heavy (non-hydrogen) atoms. The van der Waals surface area contributed by atoms with Crippen LogP contribution in [0.3, 0.4) is 0 Å². The van der Waals surface area contributed by atoms with Gasteiger partial charge in [-0.2, -0.15) is 0 Å². The SMILES string of the molecule is C[C@H](O)[C@@]1(O)CCC2C3CC[C@H]4CCCC[C@]4(C)C3CC[C@@]21C. The topological polar surface area (TPSA) is 40.5 Å². The van der Waals surface area contributed by atoms with Crippen LogP contribution < -0.4 is 0 Å². The van der Waals surface area contributed by atoms with E-state index in [0.29, 0.717) is 11.3 Å². The molecule has 0 amide bonds. The highest BCUT2D eigenvalue weighted by molar-refractivity contribution is 5.15. The van der Waals surface area contributed by atoms with E-state index in [1.807, 2.05) is 0 Å². The Morgan fingerprint density at radius 1 is 0.870 bits per heavy atom. The summed E-state index contributed by atoms with van der Waals surface area (Å²) in [7, 11) is 0. The van der Waals surface area contributed by atoms with Crippen molar-refractivity contribution in [2.45, 2.75) is 96.7 Å². The molecular formula is C21H36O2. The summed E-state index contributed by atoms with van der Waals surface area (Å²) in [4.78, 5) is 0. The molecule has 3 unspecified atom stereocenters. The number of rotatable bonds is 1. The number of aliphatic hydroxyl groups is 2. The molecule has 2 N–H and O–H groups in total. The van der Waals surface area contributed by atoms with Gasteiger partial charge in [-0.25, -0.2) is 0 Å². The van der Waals surface area contributed by atoms with Gasteiger partial charge in [0.1, 0.15) is 0 Å². The van der Waals surface area contributed by atoms with Crippen molar-refractivity contribution < 1.29 is 10.2 Å². The second-order valence-corrected chi connectivity index (χ2v) is 10.00. The van der Waals surface area contributed by atoms with Gasteiger partial charge in [-0.15, -0.1) is 0 Å². The first-order valence-corrected chi connectivity index (χ1v) is 10.2. The van der Waals surface area contributed by atoms with Crippen LogP contribution in [0.1, 0.15) is 85.0 Å². The third-order valence-corrected chi connectivity index (χ3v) is 9.49. The molecule has 4 aliphatic rings. The quantitative estimate of drug-likeness (QED) is 0.745. The summed E-state index contributed by atoms with van der Waals surface area (Å²) >= 11 is 0. The lowest BCUT2D eigenvalue weighted by molar-refractivity contribution is -0.183. The number of hydrogen-bond acceptors (Lipinski definition) is 2. The van der Waals surface area contributed by atoms with Gasteiger partial charge in [0.2, 0.25) is 0 Å². The first-order valence-electron chi connectivity index (χ1n) is 10.2. The lowest BCUT2D eigenvalue weighted by Gasteiger charge is -2.61. The van der Waals surface area contributed by atoms with E-state index in [0.717, 1.165) is 37.0 Å². The van der Waals surface area contributed by atoms with Crippen molar-refractivity contribution in [1.82, 2.24) is 0 Å². The van der Waals surface area contributed by atoms with Crippen LogP contribution in [0.15, 0.2) is 0 Å². The number of hydrogen-bond donors (Lipinski definition) is 2. The fraction of sp³-hybridized carbons (Fsp3) is 1.00. The second-order valence-electron chi connectivity index (χ2n) is 10.00. The van der Waals surface area contributed by atoms with Crippen LogP contribution in [0.2, 0.25) is 0 Å². The third-order valence-electron chi connectivity index (χ3n) is 9.49. The fourth-order valence-electron chi connectivity index (χ4n) is 8.03. The monoisotopic (exact) mass is 320 g/mol. The average Bonchev–Trinajstić information content (AvgIpc) is 2.80. The normalized spacial score (nSPS) is 57.3. The molecule has 8 atom stereocenters. The van der Waals surface area contributed by atoms with Gasteiger partial charge in [0.25, 0.3) is 0 Å². The minimum absolute atomic E-state index is 0.0692. The predicted molar refractivity (Wildman–Crippen MR) is 93.0 cm³/mol. The highest BCUT2D eigenvalue weighted by Crippen LogP contribution is 2.68. The standard InChI is InChI=1S/C21H36O2/c1-14(22)21(23)13-10-18-16-8-7-15-6-4-5-11-19(15,2)17(16)9-12-20(18,21)3/h14-18,22-23H,4-13H2,1-3H3/t14-,15+,16?,17?,18?,19-,20-,21-/m0/s1. The van der Waals surface area contributed by atoms with Gasteiger partial charge in [-0.1, -0.05) is 26.7 Å². The summed E-state index contributed by atoms with van der Waals surface area (Å²) in [6.07, 6.45) is 12.3. The van der Waals surface area contributed by atoms with Crippen molar-refractivity contribution in [3.63, 3.8) is 0 Å². The number of fused-ring (bicyclic) bond motifs is 5. The largest absolute Gasteiger partial charge is 0.390 e. The fourth-order valence-corrected chi connectivity index (χ4v) is 8.03. The van der Waals surface area contributed by atoms with E-state index in [9.17, 15) is 10.2 Å². The molecular weight excluding hydrogens is 284 g/mol. The highest BCUT2D eigenvalue weighted by Gasteiger charge is 2.65. The van der Waals surface area contributed by atoms with E-state index in [2.05, 4.69) is 13.8 Å². The molecule has 4 saturated carbocycles. The Balaban J connectivity index is 1.65. The lowest BCUT2D eigenvalue weighted by Crippen LogP contribution is -2.58. The van der Waals surface area contributed by atoms with Gasteiger partial charge in [0, 0.05) is 5.41 Å². The lowest BCUT2D eigenvalue weighted by atomic mass is 9.44. The first-order chi connectivity index (χ1) is 10.8. The summed E-state index contributed by atoms with van der Waals surface area (Å²) < 4.78 is 0.